The smallest absolute Gasteiger partial charge is 0.283 e. The molecule has 0 N–H and O–H groups in total. The minimum absolute atomic E-state index is 0.0305. The fourth-order valence-electron chi connectivity index (χ4n) is 2.73. The van der Waals surface area contributed by atoms with Crippen LogP contribution in [0, 0.1) is 13.8 Å². The van der Waals surface area contributed by atoms with E-state index < -0.39 is 0 Å². The lowest BCUT2D eigenvalue weighted by atomic mass is 10.0. The molecule has 3 aromatic rings. The lowest BCUT2D eigenvalue weighted by Gasteiger charge is -2.21. The van der Waals surface area contributed by atoms with E-state index in [1.807, 2.05) is 39.0 Å². The fraction of sp³-hybridized carbons (Fsp3) is 0.316. The second kappa shape index (κ2) is 7.34. The predicted octanol–water partition coefficient (Wildman–Crippen LogP) is 4.00. The molecule has 130 valence electrons. The summed E-state index contributed by atoms with van der Waals surface area (Å²) < 4.78 is 10.9. The van der Waals surface area contributed by atoms with Crippen molar-refractivity contribution in [3.05, 3.63) is 59.2 Å². The van der Waals surface area contributed by atoms with Gasteiger partial charge in [0, 0.05) is 12.1 Å². The maximum atomic E-state index is 12.9. The van der Waals surface area contributed by atoms with Crippen LogP contribution in [0.25, 0.3) is 11.7 Å². The molecule has 0 aliphatic rings. The van der Waals surface area contributed by atoms with E-state index in [9.17, 15) is 4.79 Å². The number of carbonyl (C=O) groups excluding carboxylic acids is 1. The molecule has 0 saturated heterocycles. The number of aryl methyl sites for hydroxylation is 2. The third kappa shape index (κ3) is 3.79. The van der Waals surface area contributed by atoms with Gasteiger partial charge < -0.3 is 13.7 Å². The molecule has 1 aromatic carbocycles. The Kier molecular flexibility index (Phi) is 4.97. The number of nitrogens with zero attached hydrogens (tertiary/aromatic N) is 3. The molecule has 0 aliphatic heterocycles. The summed E-state index contributed by atoms with van der Waals surface area (Å²) in [6.07, 6.45) is 2.39. The van der Waals surface area contributed by atoms with E-state index in [2.05, 4.69) is 10.2 Å². The first-order valence-electron chi connectivity index (χ1n) is 8.31. The molecule has 0 spiro atoms. The first-order valence-corrected chi connectivity index (χ1v) is 8.31. The van der Waals surface area contributed by atoms with Crippen LogP contribution in [0.3, 0.4) is 0 Å². The van der Waals surface area contributed by atoms with E-state index in [-0.39, 0.29) is 12.5 Å². The summed E-state index contributed by atoms with van der Waals surface area (Å²) in [5.41, 5.74) is 2.80. The Morgan fingerprint density at radius 2 is 2.04 bits per heavy atom. The van der Waals surface area contributed by atoms with Crippen molar-refractivity contribution in [2.45, 2.75) is 33.7 Å². The average Bonchev–Trinajstić information content (AvgIpc) is 3.25. The van der Waals surface area contributed by atoms with Gasteiger partial charge in [0.15, 0.2) is 5.76 Å². The van der Waals surface area contributed by atoms with Crippen LogP contribution in [0.1, 0.15) is 40.7 Å². The maximum absolute atomic E-state index is 12.9. The number of rotatable bonds is 6. The molecular weight excluding hydrogens is 318 g/mol. The standard InChI is InChI=1S/C19H21N3O3/c1-4-9-22(19(23)15-8-7-13(2)11-14(15)3)12-17-20-21-18(25-17)16-6-5-10-24-16/h5-8,10-11H,4,9,12H2,1-3H3. The molecule has 0 bridgehead atoms. The van der Waals surface area contributed by atoms with Crippen molar-refractivity contribution < 1.29 is 13.6 Å². The summed E-state index contributed by atoms with van der Waals surface area (Å²) in [5.74, 6) is 1.19. The molecule has 0 atom stereocenters. The summed E-state index contributed by atoms with van der Waals surface area (Å²) in [5, 5.41) is 8.02. The molecule has 6 nitrogen and oxygen atoms in total. The SMILES string of the molecule is CCCN(Cc1nnc(-c2ccco2)o1)C(=O)c1ccc(C)cc1C. The van der Waals surface area contributed by atoms with E-state index in [0.717, 1.165) is 17.5 Å². The topological polar surface area (TPSA) is 72.4 Å². The molecule has 6 heteroatoms. The second-order valence-electron chi connectivity index (χ2n) is 6.02. The van der Waals surface area contributed by atoms with Crippen molar-refractivity contribution in [2.75, 3.05) is 6.54 Å². The molecule has 1 amide bonds. The highest BCUT2D eigenvalue weighted by atomic mass is 16.4. The molecule has 0 aliphatic carbocycles. The number of benzene rings is 1. The normalized spacial score (nSPS) is 10.8. The number of hydrogen-bond acceptors (Lipinski definition) is 5. The van der Waals surface area contributed by atoms with Gasteiger partial charge in [-0.25, -0.2) is 0 Å². The van der Waals surface area contributed by atoms with E-state index in [4.69, 9.17) is 8.83 Å². The molecular formula is C19H21N3O3. The molecule has 25 heavy (non-hydrogen) atoms. The average molecular weight is 339 g/mol. The Labute approximate surface area is 146 Å². The first kappa shape index (κ1) is 17.0. The largest absolute Gasteiger partial charge is 0.459 e. The van der Waals surface area contributed by atoms with Gasteiger partial charge in [0.25, 0.3) is 11.8 Å². The van der Waals surface area contributed by atoms with Crippen molar-refractivity contribution in [3.63, 3.8) is 0 Å². The number of hydrogen-bond donors (Lipinski definition) is 0. The third-order valence-electron chi connectivity index (χ3n) is 3.92. The van der Waals surface area contributed by atoms with Crippen LogP contribution in [-0.2, 0) is 6.54 Å². The molecule has 0 unspecified atom stereocenters. The van der Waals surface area contributed by atoms with Crippen molar-refractivity contribution >= 4 is 5.91 Å². The predicted molar refractivity (Wildman–Crippen MR) is 92.9 cm³/mol. The van der Waals surface area contributed by atoms with Crippen LogP contribution >= 0.6 is 0 Å². The zero-order valence-corrected chi connectivity index (χ0v) is 14.7. The minimum atomic E-state index is -0.0305. The van der Waals surface area contributed by atoms with Crippen LogP contribution in [0.2, 0.25) is 0 Å². The van der Waals surface area contributed by atoms with Gasteiger partial charge in [-0.05, 0) is 44.0 Å². The number of aromatic nitrogens is 2. The summed E-state index contributed by atoms with van der Waals surface area (Å²) in [6.45, 7) is 6.88. The van der Waals surface area contributed by atoms with E-state index >= 15 is 0 Å². The highest BCUT2D eigenvalue weighted by molar-refractivity contribution is 5.95. The van der Waals surface area contributed by atoms with Crippen molar-refractivity contribution in [2.24, 2.45) is 0 Å². The highest BCUT2D eigenvalue weighted by Gasteiger charge is 2.20. The zero-order valence-electron chi connectivity index (χ0n) is 14.7. The minimum Gasteiger partial charge on any atom is -0.459 e. The lowest BCUT2D eigenvalue weighted by Crippen LogP contribution is -2.32. The first-order chi connectivity index (χ1) is 12.1. The quantitative estimate of drug-likeness (QED) is 0.679. The van der Waals surface area contributed by atoms with Crippen molar-refractivity contribution in [3.8, 4) is 11.7 Å². The van der Waals surface area contributed by atoms with E-state index in [1.165, 1.54) is 0 Å². The van der Waals surface area contributed by atoms with Gasteiger partial charge in [-0.3, -0.25) is 4.79 Å². The fourth-order valence-corrected chi connectivity index (χ4v) is 2.73. The van der Waals surface area contributed by atoms with Gasteiger partial charge in [0.1, 0.15) is 0 Å². The summed E-state index contributed by atoms with van der Waals surface area (Å²) in [7, 11) is 0. The summed E-state index contributed by atoms with van der Waals surface area (Å²) in [6, 6.07) is 9.34. The Morgan fingerprint density at radius 1 is 1.20 bits per heavy atom. The lowest BCUT2D eigenvalue weighted by molar-refractivity contribution is 0.0728. The Bertz CT molecular complexity index is 853. The Hall–Kier alpha value is -2.89. The van der Waals surface area contributed by atoms with Crippen molar-refractivity contribution in [1.29, 1.82) is 0 Å². The Balaban J connectivity index is 1.80. The van der Waals surface area contributed by atoms with Gasteiger partial charge >= 0.3 is 0 Å². The second-order valence-corrected chi connectivity index (χ2v) is 6.02. The summed E-state index contributed by atoms with van der Waals surface area (Å²) >= 11 is 0. The zero-order chi connectivity index (χ0) is 17.8. The molecule has 2 heterocycles. The Morgan fingerprint density at radius 3 is 2.72 bits per heavy atom. The van der Waals surface area contributed by atoms with Crippen molar-refractivity contribution in [1.82, 2.24) is 15.1 Å². The van der Waals surface area contributed by atoms with Gasteiger partial charge in [-0.1, -0.05) is 24.6 Å². The molecule has 0 saturated carbocycles. The maximum Gasteiger partial charge on any atom is 0.283 e. The third-order valence-corrected chi connectivity index (χ3v) is 3.92. The van der Waals surface area contributed by atoms with Crippen LogP contribution < -0.4 is 0 Å². The van der Waals surface area contributed by atoms with Crippen LogP contribution in [0.15, 0.2) is 45.4 Å². The molecule has 3 rings (SSSR count). The molecule has 0 radical (unpaired) electrons. The van der Waals surface area contributed by atoms with Crippen LogP contribution in [0.4, 0.5) is 0 Å². The van der Waals surface area contributed by atoms with E-state index in [1.54, 1.807) is 23.3 Å². The monoisotopic (exact) mass is 339 g/mol. The van der Waals surface area contributed by atoms with Gasteiger partial charge in [-0.15, -0.1) is 10.2 Å². The summed E-state index contributed by atoms with van der Waals surface area (Å²) in [4.78, 5) is 14.7. The van der Waals surface area contributed by atoms with Crippen LogP contribution in [-0.4, -0.2) is 27.5 Å². The molecule has 0 fully saturated rings. The number of carbonyl (C=O) groups is 1. The number of amides is 1. The van der Waals surface area contributed by atoms with Crippen LogP contribution in [0.5, 0.6) is 0 Å². The molecule has 2 aromatic heterocycles. The van der Waals surface area contributed by atoms with Gasteiger partial charge in [0.2, 0.25) is 5.89 Å². The number of furan rings is 1. The highest BCUT2D eigenvalue weighted by Crippen LogP contribution is 2.20. The van der Waals surface area contributed by atoms with Gasteiger partial charge in [-0.2, -0.15) is 0 Å². The van der Waals surface area contributed by atoms with Gasteiger partial charge in [0.05, 0.1) is 12.8 Å². The van der Waals surface area contributed by atoms with E-state index in [0.29, 0.717) is 29.6 Å².